The first-order valence-electron chi connectivity index (χ1n) is 4.86. The summed E-state index contributed by atoms with van der Waals surface area (Å²) in [6.07, 6.45) is 0. The fraction of sp³-hybridized carbons (Fsp3) is 0.0769. The molecule has 0 fully saturated rings. The molecule has 0 saturated heterocycles. The molecule has 0 saturated carbocycles. The lowest BCUT2D eigenvalue weighted by atomic mass is 10.1. The van der Waals surface area contributed by atoms with Gasteiger partial charge in [0, 0.05) is 20.2 Å². The Bertz CT molecular complexity index is 652. The fourth-order valence-electron chi connectivity index (χ4n) is 1.93. The molecule has 0 radical (unpaired) electrons. The molecule has 3 aromatic rings. The molecule has 0 aliphatic rings. The van der Waals surface area contributed by atoms with Crippen LogP contribution in [0.2, 0.25) is 0 Å². The van der Waals surface area contributed by atoms with E-state index < -0.39 is 0 Å². The van der Waals surface area contributed by atoms with Gasteiger partial charge < -0.3 is 5.11 Å². The third-order valence-electron chi connectivity index (χ3n) is 2.68. The normalized spacial score (nSPS) is 11.3. The third kappa shape index (κ3) is 1.22. The Labute approximate surface area is 91.6 Å². The van der Waals surface area contributed by atoms with E-state index in [1.807, 2.05) is 12.1 Å². The van der Waals surface area contributed by atoms with Crippen molar-refractivity contribution < 1.29 is 5.11 Å². The summed E-state index contributed by atoms with van der Waals surface area (Å²) in [5, 5.41) is 12.0. The van der Waals surface area contributed by atoms with Gasteiger partial charge in [0.25, 0.3) is 0 Å². The maximum atomic E-state index is 9.43. The number of rotatable bonds is 0. The minimum Gasteiger partial charge on any atom is -0.508 e. The van der Waals surface area contributed by atoms with Gasteiger partial charge in [0.2, 0.25) is 0 Å². The van der Waals surface area contributed by atoms with Gasteiger partial charge in [0.1, 0.15) is 5.75 Å². The second kappa shape index (κ2) is 2.97. The predicted molar refractivity (Wildman–Crippen MR) is 65.7 cm³/mol. The highest BCUT2D eigenvalue weighted by molar-refractivity contribution is 7.26. The summed E-state index contributed by atoms with van der Waals surface area (Å²) in [4.78, 5) is 0. The van der Waals surface area contributed by atoms with E-state index in [9.17, 15) is 5.11 Å². The number of aromatic hydroxyl groups is 1. The quantitative estimate of drug-likeness (QED) is 0.598. The first-order chi connectivity index (χ1) is 7.25. The van der Waals surface area contributed by atoms with Gasteiger partial charge >= 0.3 is 0 Å². The van der Waals surface area contributed by atoms with Crippen LogP contribution in [0.5, 0.6) is 5.75 Å². The van der Waals surface area contributed by atoms with Crippen molar-refractivity contribution in [3.05, 3.63) is 42.0 Å². The summed E-state index contributed by atoms with van der Waals surface area (Å²) in [6, 6.07) is 11.9. The van der Waals surface area contributed by atoms with Crippen LogP contribution in [0.4, 0.5) is 0 Å². The first kappa shape index (κ1) is 8.74. The van der Waals surface area contributed by atoms with Gasteiger partial charge in [-0.15, -0.1) is 11.3 Å². The van der Waals surface area contributed by atoms with Crippen molar-refractivity contribution in [1.29, 1.82) is 0 Å². The lowest BCUT2D eigenvalue weighted by Gasteiger charge is -1.94. The molecule has 2 aromatic carbocycles. The molecule has 3 rings (SSSR count). The molecule has 0 amide bonds. The van der Waals surface area contributed by atoms with E-state index in [1.165, 1.54) is 21.0 Å². The van der Waals surface area contributed by atoms with Crippen molar-refractivity contribution in [2.24, 2.45) is 0 Å². The average molecular weight is 214 g/mol. The second-order valence-corrected chi connectivity index (χ2v) is 4.79. The van der Waals surface area contributed by atoms with Crippen LogP contribution < -0.4 is 0 Å². The molecule has 1 nitrogen and oxygen atoms in total. The van der Waals surface area contributed by atoms with Crippen LogP contribution in [-0.4, -0.2) is 5.11 Å². The highest BCUT2D eigenvalue weighted by atomic mass is 32.1. The van der Waals surface area contributed by atoms with Crippen LogP contribution in [0, 0.1) is 6.92 Å². The van der Waals surface area contributed by atoms with E-state index in [2.05, 4.69) is 25.1 Å². The molecule has 0 unspecified atom stereocenters. The predicted octanol–water partition coefficient (Wildman–Crippen LogP) is 4.07. The Morgan fingerprint density at radius 3 is 2.80 bits per heavy atom. The van der Waals surface area contributed by atoms with Crippen LogP contribution >= 0.6 is 11.3 Å². The Balaban J connectivity index is 2.57. The molecular formula is C13H10OS. The number of benzene rings is 2. The average Bonchev–Trinajstić information content (AvgIpc) is 2.57. The van der Waals surface area contributed by atoms with Crippen molar-refractivity contribution in [2.45, 2.75) is 6.92 Å². The summed E-state index contributed by atoms with van der Waals surface area (Å²) in [5.41, 5.74) is 1.30. The Kier molecular flexibility index (Phi) is 1.73. The van der Waals surface area contributed by atoms with Crippen LogP contribution in [0.15, 0.2) is 36.4 Å². The molecule has 0 aliphatic carbocycles. The summed E-state index contributed by atoms with van der Waals surface area (Å²) in [5.74, 6) is 0.340. The Hall–Kier alpha value is -1.54. The van der Waals surface area contributed by atoms with E-state index >= 15 is 0 Å². The van der Waals surface area contributed by atoms with Crippen molar-refractivity contribution in [2.75, 3.05) is 0 Å². The topological polar surface area (TPSA) is 20.2 Å². The Morgan fingerprint density at radius 1 is 1.07 bits per heavy atom. The summed E-state index contributed by atoms with van der Waals surface area (Å²) >= 11 is 1.74. The monoisotopic (exact) mass is 214 g/mol. The highest BCUT2D eigenvalue weighted by Crippen LogP contribution is 2.36. The molecule has 0 bridgehead atoms. The van der Waals surface area contributed by atoms with Crippen molar-refractivity contribution in [3.63, 3.8) is 0 Å². The number of hydrogen-bond acceptors (Lipinski definition) is 2. The highest BCUT2D eigenvalue weighted by Gasteiger charge is 2.06. The van der Waals surface area contributed by atoms with E-state index in [-0.39, 0.29) is 0 Å². The largest absolute Gasteiger partial charge is 0.508 e. The standard InChI is InChI=1S/C13H10OS/c1-8-3-2-4-11-10-6-5-9(14)7-12(10)15-13(8)11/h2-7,14H,1H3. The van der Waals surface area contributed by atoms with Crippen LogP contribution in [0.1, 0.15) is 5.56 Å². The number of hydrogen-bond donors (Lipinski definition) is 1. The smallest absolute Gasteiger partial charge is 0.117 e. The maximum Gasteiger partial charge on any atom is 0.117 e. The zero-order chi connectivity index (χ0) is 10.4. The maximum absolute atomic E-state index is 9.43. The molecule has 1 heterocycles. The number of phenolic OH excluding ortho intramolecular Hbond substituents is 1. The van der Waals surface area contributed by atoms with Gasteiger partial charge in [-0.3, -0.25) is 0 Å². The number of fused-ring (bicyclic) bond motifs is 3. The summed E-state index contributed by atoms with van der Waals surface area (Å²) in [7, 11) is 0. The minimum absolute atomic E-state index is 0.340. The molecule has 0 aliphatic heterocycles. The van der Waals surface area contributed by atoms with Crippen LogP contribution in [0.25, 0.3) is 20.2 Å². The van der Waals surface area contributed by atoms with Gasteiger partial charge in [-0.25, -0.2) is 0 Å². The first-order valence-corrected chi connectivity index (χ1v) is 5.68. The lowest BCUT2D eigenvalue weighted by molar-refractivity contribution is 0.476. The van der Waals surface area contributed by atoms with Crippen molar-refractivity contribution >= 4 is 31.5 Å². The molecule has 0 atom stereocenters. The zero-order valence-corrected chi connectivity index (χ0v) is 9.14. The van der Waals surface area contributed by atoms with Gasteiger partial charge in [-0.2, -0.15) is 0 Å². The zero-order valence-electron chi connectivity index (χ0n) is 8.32. The van der Waals surface area contributed by atoms with E-state index in [0.717, 1.165) is 4.70 Å². The molecule has 74 valence electrons. The fourth-order valence-corrected chi connectivity index (χ4v) is 3.13. The molecule has 2 heteroatoms. The molecule has 1 N–H and O–H groups in total. The van der Waals surface area contributed by atoms with Gasteiger partial charge in [-0.1, -0.05) is 18.2 Å². The van der Waals surface area contributed by atoms with Crippen LogP contribution in [-0.2, 0) is 0 Å². The second-order valence-electron chi connectivity index (χ2n) is 3.73. The third-order valence-corrected chi connectivity index (χ3v) is 3.98. The van der Waals surface area contributed by atoms with E-state index in [4.69, 9.17) is 0 Å². The lowest BCUT2D eigenvalue weighted by Crippen LogP contribution is -1.70. The minimum atomic E-state index is 0.340. The molecular weight excluding hydrogens is 204 g/mol. The summed E-state index contributed by atoms with van der Waals surface area (Å²) < 4.78 is 2.47. The van der Waals surface area contributed by atoms with Crippen molar-refractivity contribution in [3.8, 4) is 5.75 Å². The van der Waals surface area contributed by atoms with Gasteiger partial charge in [-0.05, 0) is 30.7 Å². The Morgan fingerprint density at radius 2 is 1.93 bits per heavy atom. The SMILES string of the molecule is Cc1cccc2c1sc1cc(O)ccc12. The molecule has 15 heavy (non-hydrogen) atoms. The number of phenols is 1. The van der Waals surface area contributed by atoms with E-state index in [0.29, 0.717) is 5.75 Å². The van der Waals surface area contributed by atoms with E-state index in [1.54, 1.807) is 17.4 Å². The van der Waals surface area contributed by atoms with Gasteiger partial charge in [0.15, 0.2) is 0 Å². The van der Waals surface area contributed by atoms with Crippen LogP contribution in [0.3, 0.4) is 0 Å². The number of aryl methyl sites for hydroxylation is 1. The molecule has 0 spiro atoms. The number of thiophene rings is 1. The summed E-state index contributed by atoms with van der Waals surface area (Å²) in [6.45, 7) is 2.12. The van der Waals surface area contributed by atoms with Gasteiger partial charge in [0.05, 0.1) is 0 Å². The molecule has 1 aromatic heterocycles. The van der Waals surface area contributed by atoms with Crippen molar-refractivity contribution in [1.82, 2.24) is 0 Å².